The number of carbonyl (C=O) groups excluding carboxylic acids is 1. The SMILES string of the molecule is CCOc1cc(CNC(C)C(=O)NC)ccc1OC. The van der Waals surface area contributed by atoms with Gasteiger partial charge in [0.25, 0.3) is 0 Å². The topological polar surface area (TPSA) is 59.6 Å². The Balaban J connectivity index is 2.68. The van der Waals surface area contributed by atoms with Crippen molar-refractivity contribution in [1.82, 2.24) is 10.6 Å². The Morgan fingerprint density at radius 1 is 1.37 bits per heavy atom. The van der Waals surface area contributed by atoms with Gasteiger partial charge in [-0.1, -0.05) is 6.07 Å². The smallest absolute Gasteiger partial charge is 0.236 e. The van der Waals surface area contributed by atoms with E-state index in [0.717, 1.165) is 11.3 Å². The van der Waals surface area contributed by atoms with Crippen LogP contribution in [-0.4, -0.2) is 32.7 Å². The Bertz CT molecular complexity index is 421. The molecule has 0 bridgehead atoms. The van der Waals surface area contributed by atoms with Crippen LogP contribution in [-0.2, 0) is 11.3 Å². The number of ether oxygens (including phenoxy) is 2. The number of hydrogen-bond donors (Lipinski definition) is 2. The molecule has 0 aliphatic rings. The second-order valence-corrected chi connectivity index (χ2v) is 4.14. The van der Waals surface area contributed by atoms with Crippen LogP contribution in [0.15, 0.2) is 18.2 Å². The van der Waals surface area contributed by atoms with Gasteiger partial charge in [-0.2, -0.15) is 0 Å². The van der Waals surface area contributed by atoms with Gasteiger partial charge in [-0.05, 0) is 31.5 Å². The van der Waals surface area contributed by atoms with Gasteiger partial charge in [-0.15, -0.1) is 0 Å². The normalized spacial score (nSPS) is 11.8. The largest absolute Gasteiger partial charge is 0.493 e. The lowest BCUT2D eigenvalue weighted by molar-refractivity contribution is -0.122. The highest BCUT2D eigenvalue weighted by molar-refractivity contribution is 5.80. The molecule has 2 N–H and O–H groups in total. The fourth-order valence-corrected chi connectivity index (χ4v) is 1.68. The van der Waals surface area contributed by atoms with Crippen molar-refractivity contribution in [3.63, 3.8) is 0 Å². The standard InChI is InChI=1S/C14H22N2O3/c1-5-19-13-8-11(6-7-12(13)18-4)9-16-10(2)14(17)15-3/h6-8,10,16H,5,9H2,1-4H3,(H,15,17). The summed E-state index contributed by atoms with van der Waals surface area (Å²) in [5, 5.41) is 5.75. The second-order valence-electron chi connectivity index (χ2n) is 4.14. The zero-order chi connectivity index (χ0) is 14.3. The zero-order valence-corrected chi connectivity index (χ0v) is 11.9. The fraction of sp³-hybridized carbons (Fsp3) is 0.500. The minimum atomic E-state index is -0.234. The molecule has 1 aromatic carbocycles. The summed E-state index contributed by atoms with van der Waals surface area (Å²) in [5.74, 6) is 1.40. The lowest BCUT2D eigenvalue weighted by atomic mass is 10.2. The number of hydrogen-bond acceptors (Lipinski definition) is 4. The third-order valence-corrected chi connectivity index (χ3v) is 2.78. The Hall–Kier alpha value is -1.75. The Morgan fingerprint density at radius 2 is 2.11 bits per heavy atom. The minimum absolute atomic E-state index is 0.0291. The summed E-state index contributed by atoms with van der Waals surface area (Å²) in [4.78, 5) is 11.4. The molecule has 0 aliphatic heterocycles. The molecule has 19 heavy (non-hydrogen) atoms. The Labute approximate surface area is 114 Å². The number of methoxy groups -OCH3 is 1. The molecule has 1 unspecified atom stereocenters. The lowest BCUT2D eigenvalue weighted by Crippen LogP contribution is -2.40. The van der Waals surface area contributed by atoms with Gasteiger partial charge in [0.05, 0.1) is 19.8 Å². The number of benzene rings is 1. The molecule has 0 aliphatic carbocycles. The van der Waals surface area contributed by atoms with Crippen molar-refractivity contribution in [1.29, 1.82) is 0 Å². The van der Waals surface area contributed by atoms with E-state index >= 15 is 0 Å². The maximum Gasteiger partial charge on any atom is 0.236 e. The summed E-state index contributed by atoms with van der Waals surface area (Å²) >= 11 is 0. The molecular weight excluding hydrogens is 244 g/mol. The molecule has 0 fully saturated rings. The van der Waals surface area contributed by atoms with E-state index in [9.17, 15) is 4.79 Å². The summed E-state index contributed by atoms with van der Waals surface area (Å²) < 4.78 is 10.7. The maximum atomic E-state index is 11.4. The van der Waals surface area contributed by atoms with Crippen LogP contribution in [0.1, 0.15) is 19.4 Å². The highest BCUT2D eigenvalue weighted by Crippen LogP contribution is 2.27. The molecule has 0 spiro atoms. The molecule has 0 aromatic heterocycles. The first-order chi connectivity index (χ1) is 9.12. The van der Waals surface area contributed by atoms with Crippen LogP contribution >= 0.6 is 0 Å². The molecule has 0 radical (unpaired) electrons. The van der Waals surface area contributed by atoms with Crippen molar-refractivity contribution in [2.24, 2.45) is 0 Å². The van der Waals surface area contributed by atoms with E-state index in [0.29, 0.717) is 18.9 Å². The summed E-state index contributed by atoms with van der Waals surface area (Å²) in [5.41, 5.74) is 1.04. The summed E-state index contributed by atoms with van der Waals surface area (Å²) in [6.45, 7) is 4.93. The third kappa shape index (κ3) is 4.44. The number of nitrogens with one attached hydrogen (secondary N) is 2. The Morgan fingerprint density at radius 3 is 2.68 bits per heavy atom. The number of carbonyl (C=O) groups is 1. The molecule has 1 amide bonds. The molecule has 5 nitrogen and oxygen atoms in total. The van der Waals surface area contributed by atoms with Crippen LogP contribution in [0.4, 0.5) is 0 Å². The van der Waals surface area contributed by atoms with Crippen molar-refractivity contribution < 1.29 is 14.3 Å². The molecule has 1 aromatic rings. The Kier molecular flexibility index (Phi) is 6.15. The average Bonchev–Trinajstić information content (AvgIpc) is 2.44. The summed E-state index contributed by atoms with van der Waals surface area (Å²) in [6, 6.07) is 5.51. The highest BCUT2D eigenvalue weighted by atomic mass is 16.5. The molecular formula is C14H22N2O3. The van der Waals surface area contributed by atoms with E-state index in [1.165, 1.54) is 0 Å². The third-order valence-electron chi connectivity index (χ3n) is 2.78. The van der Waals surface area contributed by atoms with Crippen LogP contribution in [0, 0.1) is 0 Å². The van der Waals surface area contributed by atoms with E-state index in [-0.39, 0.29) is 11.9 Å². The van der Waals surface area contributed by atoms with E-state index in [4.69, 9.17) is 9.47 Å². The van der Waals surface area contributed by atoms with E-state index in [2.05, 4.69) is 10.6 Å². The van der Waals surface area contributed by atoms with Crippen molar-refractivity contribution in [2.45, 2.75) is 26.4 Å². The van der Waals surface area contributed by atoms with Gasteiger partial charge in [0.1, 0.15) is 0 Å². The van der Waals surface area contributed by atoms with E-state index in [1.807, 2.05) is 32.0 Å². The van der Waals surface area contributed by atoms with Crippen LogP contribution in [0.3, 0.4) is 0 Å². The fourth-order valence-electron chi connectivity index (χ4n) is 1.68. The average molecular weight is 266 g/mol. The summed E-state index contributed by atoms with van der Waals surface area (Å²) in [7, 11) is 3.24. The minimum Gasteiger partial charge on any atom is -0.493 e. The first-order valence-corrected chi connectivity index (χ1v) is 6.37. The predicted molar refractivity (Wildman–Crippen MR) is 74.5 cm³/mol. The molecule has 1 atom stereocenters. The van der Waals surface area contributed by atoms with Gasteiger partial charge >= 0.3 is 0 Å². The van der Waals surface area contributed by atoms with Crippen LogP contribution in [0.25, 0.3) is 0 Å². The predicted octanol–water partition coefficient (Wildman–Crippen LogP) is 1.32. The van der Waals surface area contributed by atoms with Crippen LogP contribution < -0.4 is 20.1 Å². The molecule has 106 valence electrons. The monoisotopic (exact) mass is 266 g/mol. The second kappa shape index (κ2) is 7.63. The van der Waals surface area contributed by atoms with Crippen molar-refractivity contribution in [2.75, 3.05) is 20.8 Å². The quantitative estimate of drug-likeness (QED) is 0.781. The zero-order valence-electron chi connectivity index (χ0n) is 11.9. The van der Waals surface area contributed by atoms with Crippen molar-refractivity contribution >= 4 is 5.91 Å². The molecule has 1 rings (SSSR count). The van der Waals surface area contributed by atoms with E-state index in [1.54, 1.807) is 14.2 Å². The maximum absolute atomic E-state index is 11.4. The molecule has 0 saturated heterocycles. The summed E-state index contributed by atoms with van der Waals surface area (Å²) in [6.07, 6.45) is 0. The highest BCUT2D eigenvalue weighted by Gasteiger charge is 2.10. The van der Waals surface area contributed by atoms with Gasteiger partial charge < -0.3 is 20.1 Å². The van der Waals surface area contributed by atoms with Gasteiger partial charge in [-0.3, -0.25) is 4.79 Å². The molecule has 5 heteroatoms. The molecule has 0 saturated carbocycles. The van der Waals surface area contributed by atoms with Crippen molar-refractivity contribution in [3.8, 4) is 11.5 Å². The first-order valence-electron chi connectivity index (χ1n) is 6.37. The number of amides is 1. The van der Waals surface area contributed by atoms with Gasteiger partial charge in [-0.25, -0.2) is 0 Å². The molecule has 0 heterocycles. The first kappa shape index (κ1) is 15.3. The van der Waals surface area contributed by atoms with Gasteiger partial charge in [0.15, 0.2) is 11.5 Å². The lowest BCUT2D eigenvalue weighted by Gasteiger charge is -2.14. The van der Waals surface area contributed by atoms with Gasteiger partial charge in [0.2, 0.25) is 5.91 Å². The van der Waals surface area contributed by atoms with Crippen LogP contribution in [0.2, 0.25) is 0 Å². The van der Waals surface area contributed by atoms with Gasteiger partial charge in [0, 0.05) is 13.6 Å². The van der Waals surface area contributed by atoms with Crippen molar-refractivity contribution in [3.05, 3.63) is 23.8 Å². The van der Waals surface area contributed by atoms with Crippen LogP contribution in [0.5, 0.6) is 11.5 Å². The number of rotatable bonds is 7. The van der Waals surface area contributed by atoms with E-state index < -0.39 is 0 Å². The number of likely N-dealkylation sites (N-methyl/N-ethyl adjacent to an activating group) is 1.